The van der Waals surface area contributed by atoms with Crippen LogP contribution in [-0.2, 0) is 10.3 Å². The lowest BCUT2D eigenvalue weighted by molar-refractivity contribution is 0.0139. The summed E-state index contributed by atoms with van der Waals surface area (Å²) in [5.41, 5.74) is -1.59. The van der Waals surface area contributed by atoms with Gasteiger partial charge in [-0.1, -0.05) is 0 Å². The van der Waals surface area contributed by atoms with Gasteiger partial charge in [0, 0.05) is 13.0 Å². The summed E-state index contributed by atoms with van der Waals surface area (Å²) in [6, 6.07) is 0. The molecule has 0 bridgehead atoms. The van der Waals surface area contributed by atoms with Crippen LogP contribution in [0.3, 0.4) is 0 Å². The van der Waals surface area contributed by atoms with Crippen LogP contribution in [0.25, 0.3) is 0 Å². The molecule has 106 valence electrons. The molecule has 0 saturated carbocycles. The molecule has 1 saturated heterocycles. The molecule has 1 aliphatic heterocycles. The zero-order chi connectivity index (χ0) is 14.3. The van der Waals surface area contributed by atoms with Crippen molar-refractivity contribution in [1.82, 2.24) is 9.88 Å². The Balaban J connectivity index is 2.05. The van der Waals surface area contributed by atoms with Crippen molar-refractivity contribution in [3.63, 3.8) is 0 Å². The van der Waals surface area contributed by atoms with E-state index in [1.807, 2.05) is 20.8 Å². The van der Waals surface area contributed by atoms with E-state index < -0.39 is 11.2 Å². The van der Waals surface area contributed by atoms with Gasteiger partial charge in [-0.15, -0.1) is 11.3 Å². The third-order valence-electron chi connectivity index (χ3n) is 2.78. The van der Waals surface area contributed by atoms with Gasteiger partial charge >= 0.3 is 6.09 Å². The smallest absolute Gasteiger partial charge is 0.410 e. The monoisotopic (exact) mass is 348 g/mol. The minimum Gasteiger partial charge on any atom is -0.444 e. The molecule has 1 aliphatic rings. The Morgan fingerprint density at radius 3 is 2.84 bits per heavy atom. The minimum atomic E-state index is -1.06. The van der Waals surface area contributed by atoms with E-state index in [9.17, 15) is 9.90 Å². The zero-order valence-electron chi connectivity index (χ0n) is 11.1. The number of aromatic nitrogens is 1. The van der Waals surface area contributed by atoms with Crippen LogP contribution in [0.15, 0.2) is 9.98 Å². The second-order valence-electron chi connectivity index (χ2n) is 5.65. The topological polar surface area (TPSA) is 62.7 Å². The summed E-state index contributed by atoms with van der Waals surface area (Å²) in [6.45, 7) is 6.17. The lowest BCUT2D eigenvalue weighted by Gasteiger charge is -2.25. The van der Waals surface area contributed by atoms with Crippen molar-refractivity contribution >= 4 is 33.4 Å². The first-order valence-corrected chi connectivity index (χ1v) is 7.63. The number of ether oxygens (including phenoxy) is 1. The van der Waals surface area contributed by atoms with E-state index in [-0.39, 0.29) is 12.6 Å². The number of hydrogen-bond donors (Lipinski definition) is 1. The van der Waals surface area contributed by atoms with Gasteiger partial charge in [0.1, 0.15) is 16.2 Å². The van der Waals surface area contributed by atoms with Crippen molar-refractivity contribution < 1.29 is 14.6 Å². The number of aliphatic hydroxyl groups is 1. The summed E-state index contributed by atoms with van der Waals surface area (Å²) in [6.07, 6.45) is 1.75. The summed E-state index contributed by atoms with van der Waals surface area (Å²) >= 11 is 4.71. The quantitative estimate of drug-likeness (QED) is 0.847. The van der Waals surface area contributed by atoms with Crippen molar-refractivity contribution in [3.8, 4) is 0 Å². The van der Waals surface area contributed by atoms with E-state index >= 15 is 0 Å². The highest BCUT2D eigenvalue weighted by Gasteiger charge is 2.43. The number of likely N-dealkylation sites (tertiary alicyclic amines) is 1. The SMILES string of the molecule is CC(C)(C)OC(=O)N1CCC(O)(c2ncc(Br)s2)C1. The summed E-state index contributed by atoms with van der Waals surface area (Å²) < 4.78 is 6.17. The Labute approximate surface area is 124 Å². The van der Waals surface area contributed by atoms with Crippen LogP contribution >= 0.6 is 27.3 Å². The molecule has 1 amide bonds. The molecule has 1 N–H and O–H groups in total. The molecule has 0 aromatic carbocycles. The number of halogens is 1. The van der Waals surface area contributed by atoms with Gasteiger partial charge in [0.05, 0.1) is 16.5 Å². The number of hydrogen-bond acceptors (Lipinski definition) is 5. The summed E-state index contributed by atoms with van der Waals surface area (Å²) in [4.78, 5) is 17.7. The Hall–Kier alpha value is -0.660. The third kappa shape index (κ3) is 3.46. The van der Waals surface area contributed by atoms with Gasteiger partial charge in [0.25, 0.3) is 0 Å². The van der Waals surface area contributed by atoms with E-state index in [1.54, 1.807) is 6.20 Å². The van der Waals surface area contributed by atoms with Crippen LogP contribution in [0.5, 0.6) is 0 Å². The van der Waals surface area contributed by atoms with E-state index in [1.165, 1.54) is 16.2 Å². The van der Waals surface area contributed by atoms with Crippen molar-refractivity contribution in [1.29, 1.82) is 0 Å². The van der Waals surface area contributed by atoms with Crippen LogP contribution in [0.1, 0.15) is 32.2 Å². The molecule has 1 aromatic rings. The molecule has 7 heteroatoms. The second kappa shape index (κ2) is 5.03. The molecule has 0 spiro atoms. The van der Waals surface area contributed by atoms with Gasteiger partial charge in [-0.3, -0.25) is 0 Å². The van der Waals surface area contributed by atoms with Crippen molar-refractivity contribution in [2.75, 3.05) is 13.1 Å². The Bertz CT molecular complexity index is 486. The maximum atomic E-state index is 12.0. The fraction of sp³-hybridized carbons (Fsp3) is 0.667. The average Bonchev–Trinajstić information content (AvgIpc) is 2.83. The number of carbonyl (C=O) groups excluding carboxylic acids is 1. The Morgan fingerprint density at radius 1 is 1.63 bits per heavy atom. The van der Waals surface area contributed by atoms with Crippen LogP contribution in [-0.4, -0.2) is 39.8 Å². The highest BCUT2D eigenvalue weighted by Crippen LogP contribution is 2.36. The number of carbonyl (C=O) groups is 1. The van der Waals surface area contributed by atoms with Crippen molar-refractivity contribution in [3.05, 3.63) is 15.0 Å². The second-order valence-corrected chi connectivity index (χ2v) is 8.06. The number of β-amino-alcohol motifs (C(OH)–C–C–N with tert-alkyl or cyclic N) is 1. The molecular weight excluding hydrogens is 332 g/mol. The first kappa shape index (κ1) is 14.7. The Kier molecular flexibility index (Phi) is 3.90. The Morgan fingerprint density at radius 2 is 2.32 bits per heavy atom. The zero-order valence-corrected chi connectivity index (χ0v) is 13.5. The predicted molar refractivity (Wildman–Crippen MR) is 76.1 cm³/mol. The van der Waals surface area contributed by atoms with Crippen LogP contribution in [0.4, 0.5) is 4.79 Å². The summed E-state index contributed by atoms with van der Waals surface area (Å²) in [5.74, 6) is 0. The van der Waals surface area contributed by atoms with Gasteiger partial charge in [-0.25, -0.2) is 9.78 Å². The average molecular weight is 349 g/mol. The fourth-order valence-electron chi connectivity index (χ4n) is 1.92. The van der Waals surface area contributed by atoms with Crippen LogP contribution < -0.4 is 0 Å². The molecule has 1 unspecified atom stereocenters. The first-order valence-electron chi connectivity index (χ1n) is 6.02. The molecule has 1 atom stereocenters. The molecule has 1 fully saturated rings. The van der Waals surface area contributed by atoms with Gasteiger partial charge in [-0.05, 0) is 36.7 Å². The number of nitrogens with zero attached hydrogens (tertiary/aromatic N) is 2. The molecule has 0 aliphatic carbocycles. The summed E-state index contributed by atoms with van der Waals surface area (Å²) in [5, 5.41) is 11.2. The first-order chi connectivity index (χ1) is 8.70. The third-order valence-corrected chi connectivity index (χ3v) is 4.44. The normalized spacial score (nSPS) is 23.7. The van der Waals surface area contributed by atoms with Gasteiger partial charge in [0.2, 0.25) is 0 Å². The molecule has 2 rings (SSSR count). The molecular formula is C12H17BrN2O3S. The fourth-order valence-corrected chi connectivity index (χ4v) is 3.23. The van der Waals surface area contributed by atoms with Crippen LogP contribution in [0, 0.1) is 0 Å². The highest BCUT2D eigenvalue weighted by molar-refractivity contribution is 9.11. The number of thiazole rings is 1. The molecule has 1 aromatic heterocycles. The lowest BCUT2D eigenvalue weighted by atomic mass is 10.1. The van der Waals surface area contributed by atoms with Crippen LogP contribution in [0.2, 0.25) is 0 Å². The van der Waals surface area contributed by atoms with Gasteiger partial charge in [-0.2, -0.15) is 0 Å². The van der Waals surface area contributed by atoms with Crippen molar-refractivity contribution in [2.24, 2.45) is 0 Å². The molecule has 2 heterocycles. The predicted octanol–water partition coefficient (Wildman–Crippen LogP) is 2.73. The standard InChI is InChI=1S/C12H17BrN2O3S/c1-11(2,3)18-10(16)15-5-4-12(17,7-15)9-14-6-8(13)19-9/h6,17H,4-5,7H2,1-3H3. The molecule has 0 radical (unpaired) electrons. The molecule has 5 nitrogen and oxygen atoms in total. The van der Waals surface area contributed by atoms with E-state index in [0.717, 1.165) is 3.79 Å². The van der Waals surface area contributed by atoms with Crippen molar-refractivity contribution in [2.45, 2.75) is 38.4 Å². The minimum absolute atomic E-state index is 0.224. The van der Waals surface area contributed by atoms with E-state index in [0.29, 0.717) is 18.0 Å². The van der Waals surface area contributed by atoms with Gasteiger partial charge in [0.15, 0.2) is 0 Å². The lowest BCUT2D eigenvalue weighted by Crippen LogP contribution is -2.38. The largest absolute Gasteiger partial charge is 0.444 e. The van der Waals surface area contributed by atoms with Gasteiger partial charge < -0.3 is 14.7 Å². The van der Waals surface area contributed by atoms with E-state index in [2.05, 4.69) is 20.9 Å². The molecule has 19 heavy (non-hydrogen) atoms. The van der Waals surface area contributed by atoms with E-state index in [4.69, 9.17) is 4.74 Å². The number of amides is 1. The maximum Gasteiger partial charge on any atom is 0.410 e. The maximum absolute atomic E-state index is 12.0. The number of rotatable bonds is 1. The summed E-state index contributed by atoms with van der Waals surface area (Å²) in [7, 11) is 0. The highest BCUT2D eigenvalue weighted by atomic mass is 79.9.